The molecule has 5 aromatic rings. The second kappa shape index (κ2) is 13.1. The van der Waals surface area contributed by atoms with Crippen molar-refractivity contribution >= 4 is 32.5 Å². The molecule has 1 atom stereocenters. The molecule has 2 N–H and O–H groups in total. The summed E-state index contributed by atoms with van der Waals surface area (Å²) in [5.74, 6) is -0.0264. The van der Waals surface area contributed by atoms with Crippen LogP contribution in [0.4, 0.5) is 38.0 Å². The third-order valence-electron chi connectivity index (χ3n) is 8.82. The van der Waals surface area contributed by atoms with Crippen LogP contribution in [-0.4, -0.2) is 47.9 Å². The van der Waals surface area contributed by atoms with Gasteiger partial charge in [0.2, 0.25) is 5.95 Å². The number of halogens is 6. The Morgan fingerprint density at radius 3 is 2.29 bits per heavy atom. The number of anilines is 2. The van der Waals surface area contributed by atoms with E-state index >= 15 is 0 Å². The SMILES string of the molecule is O=c1c(-c2ccc(S(=O)(=O)C3CC3)cc2C(F)(F)F)cc2cnc(Nc3ccc(C4CNCCO4)cc3)nc2n1Cc1ccccc1C(F)(F)F. The first-order valence-corrected chi connectivity index (χ1v) is 17.5. The first-order chi connectivity index (χ1) is 24.2. The summed E-state index contributed by atoms with van der Waals surface area (Å²) in [5, 5.41) is 5.53. The van der Waals surface area contributed by atoms with Crippen LogP contribution in [0.1, 0.15) is 41.2 Å². The molecule has 0 spiro atoms. The lowest BCUT2D eigenvalue weighted by Crippen LogP contribution is -2.33. The van der Waals surface area contributed by atoms with E-state index in [1.54, 1.807) is 12.1 Å². The first-order valence-electron chi connectivity index (χ1n) is 15.9. The molecule has 1 unspecified atom stereocenters. The van der Waals surface area contributed by atoms with E-state index in [-0.39, 0.29) is 28.6 Å². The Morgan fingerprint density at radius 2 is 1.63 bits per heavy atom. The van der Waals surface area contributed by atoms with Crippen LogP contribution in [0.15, 0.2) is 88.7 Å². The van der Waals surface area contributed by atoms with Crippen molar-refractivity contribution in [3.63, 3.8) is 0 Å². The van der Waals surface area contributed by atoms with E-state index in [1.807, 2.05) is 12.1 Å². The number of nitrogens with one attached hydrogen (secondary N) is 2. The molecule has 0 bridgehead atoms. The molecule has 9 nitrogen and oxygen atoms in total. The molecule has 51 heavy (non-hydrogen) atoms. The summed E-state index contributed by atoms with van der Waals surface area (Å²) < 4.78 is 118. The quantitative estimate of drug-likeness (QED) is 0.166. The van der Waals surface area contributed by atoms with Gasteiger partial charge in [0.05, 0.1) is 40.5 Å². The monoisotopic (exact) mass is 729 g/mol. The van der Waals surface area contributed by atoms with E-state index in [9.17, 15) is 39.6 Å². The highest BCUT2D eigenvalue weighted by Gasteiger charge is 2.40. The molecule has 16 heteroatoms. The Bertz CT molecular complexity index is 2280. The maximum absolute atomic E-state index is 14.5. The number of nitrogens with zero attached hydrogens (tertiary/aromatic N) is 3. The van der Waals surface area contributed by atoms with Crippen LogP contribution >= 0.6 is 0 Å². The zero-order chi connectivity index (χ0) is 36.1. The predicted molar refractivity (Wildman–Crippen MR) is 176 cm³/mol. The third kappa shape index (κ3) is 7.07. The number of benzene rings is 3. The van der Waals surface area contributed by atoms with Crippen molar-refractivity contribution in [2.24, 2.45) is 0 Å². The minimum Gasteiger partial charge on any atom is -0.371 e. The summed E-state index contributed by atoms with van der Waals surface area (Å²) in [6.45, 7) is 1.27. The highest BCUT2D eigenvalue weighted by molar-refractivity contribution is 7.92. The first kappa shape index (κ1) is 34.6. The smallest absolute Gasteiger partial charge is 0.371 e. The van der Waals surface area contributed by atoms with Gasteiger partial charge in [0.25, 0.3) is 5.56 Å². The van der Waals surface area contributed by atoms with Crippen molar-refractivity contribution in [1.29, 1.82) is 0 Å². The van der Waals surface area contributed by atoms with Crippen LogP contribution in [0.3, 0.4) is 0 Å². The van der Waals surface area contributed by atoms with Gasteiger partial charge < -0.3 is 15.4 Å². The Kier molecular flexibility index (Phi) is 8.88. The fourth-order valence-electron chi connectivity index (χ4n) is 6.09. The number of aromatic nitrogens is 3. The van der Waals surface area contributed by atoms with E-state index in [1.165, 1.54) is 24.4 Å². The summed E-state index contributed by atoms with van der Waals surface area (Å²) in [4.78, 5) is 22.4. The lowest BCUT2D eigenvalue weighted by Gasteiger charge is -2.24. The maximum atomic E-state index is 14.5. The Morgan fingerprint density at radius 1 is 0.902 bits per heavy atom. The number of rotatable bonds is 8. The molecule has 1 aliphatic heterocycles. The summed E-state index contributed by atoms with van der Waals surface area (Å²) in [7, 11) is -4.02. The number of fused-ring (bicyclic) bond motifs is 1. The zero-order valence-corrected chi connectivity index (χ0v) is 27.4. The topological polar surface area (TPSA) is 115 Å². The molecule has 2 aromatic heterocycles. The number of morpholine rings is 1. The maximum Gasteiger partial charge on any atom is 0.417 e. The van der Waals surface area contributed by atoms with E-state index in [2.05, 4.69) is 20.6 Å². The van der Waals surface area contributed by atoms with Crippen LogP contribution < -0.4 is 16.2 Å². The van der Waals surface area contributed by atoms with Gasteiger partial charge in [0, 0.05) is 35.9 Å². The second-order valence-corrected chi connectivity index (χ2v) is 14.6. The van der Waals surface area contributed by atoms with Crippen molar-refractivity contribution in [2.45, 2.75) is 48.0 Å². The molecule has 7 rings (SSSR count). The van der Waals surface area contributed by atoms with Gasteiger partial charge in [0.15, 0.2) is 9.84 Å². The van der Waals surface area contributed by atoms with Crippen LogP contribution in [-0.2, 0) is 33.5 Å². The molecule has 1 saturated heterocycles. The average Bonchev–Trinajstić information content (AvgIpc) is 3.96. The van der Waals surface area contributed by atoms with E-state index < -0.39 is 66.7 Å². The van der Waals surface area contributed by atoms with Gasteiger partial charge >= 0.3 is 12.4 Å². The van der Waals surface area contributed by atoms with Crippen LogP contribution in [0.2, 0.25) is 0 Å². The number of ether oxygens (including phenoxy) is 1. The zero-order valence-electron chi connectivity index (χ0n) is 26.6. The van der Waals surface area contributed by atoms with Crippen molar-refractivity contribution in [1.82, 2.24) is 19.9 Å². The molecule has 0 radical (unpaired) electrons. The summed E-state index contributed by atoms with van der Waals surface area (Å²) >= 11 is 0. The predicted octanol–water partition coefficient (Wildman–Crippen LogP) is 6.89. The molecule has 266 valence electrons. The standard InChI is InChI=1S/C35H29F6N5O4S/c36-34(37,38)28-4-2-1-3-21(28)19-46-31-22(17-43-33(45-31)44-23-7-5-20(6-8-23)30-18-42-13-14-50-30)15-27(32(46)47)26-12-11-25(16-29(26)35(39,40)41)51(48,49)24-9-10-24/h1-8,11-12,15-17,24,30,42H,9-10,13-14,18-19H2,(H,43,44,45). The molecule has 2 aliphatic rings. The molecule has 2 fully saturated rings. The molecule has 3 aromatic carbocycles. The van der Waals surface area contributed by atoms with Gasteiger partial charge in [-0.3, -0.25) is 9.36 Å². The van der Waals surface area contributed by atoms with E-state index in [0.29, 0.717) is 37.7 Å². The molecule has 3 heterocycles. The second-order valence-electron chi connectivity index (χ2n) is 12.3. The molecule has 1 saturated carbocycles. The highest BCUT2D eigenvalue weighted by Crippen LogP contribution is 2.41. The van der Waals surface area contributed by atoms with Crippen molar-refractivity contribution < 1.29 is 39.5 Å². The minimum atomic E-state index is -5.08. The summed E-state index contributed by atoms with van der Waals surface area (Å²) in [6, 6.07) is 15.3. The summed E-state index contributed by atoms with van der Waals surface area (Å²) in [5.41, 5.74) is -3.63. The van der Waals surface area contributed by atoms with E-state index in [4.69, 9.17) is 4.74 Å². The Labute approximate surface area is 287 Å². The van der Waals surface area contributed by atoms with Gasteiger partial charge in [-0.05, 0) is 65.9 Å². The molecule has 0 amide bonds. The molecular formula is C35H29F6N5O4S. The number of hydrogen-bond acceptors (Lipinski definition) is 8. The molecule has 1 aliphatic carbocycles. The van der Waals surface area contributed by atoms with Crippen molar-refractivity contribution in [3.8, 4) is 11.1 Å². The Hall–Kier alpha value is -4.80. The number of alkyl halides is 6. The van der Waals surface area contributed by atoms with Crippen molar-refractivity contribution in [3.05, 3.63) is 112 Å². The minimum absolute atomic E-state index is 0.0264. The normalized spacial score (nSPS) is 17.1. The largest absolute Gasteiger partial charge is 0.417 e. The highest BCUT2D eigenvalue weighted by atomic mass is 32.2. The fraction of sp³-hybridized carbons (Fsp3) is 0.286. The fourth-order valence-corrected chi connectivity index (χ4v) is 7.78. The van der Waals surface area contributed by atoms with Crippen LogP contribution in [0.25, 0.3) is 22.2 Å². The van der Waals surface area contributed by atoms with E-state index in [0.717, 1.165) is 40.9 Å². The lowest BCUT2D eigenvalue weighted by molar-refractivity contribution is -0.138. The van der Waals surface area contributed by atoms with Gasteiger partial charge in [-0.1, -0.05) is 36.4 Å². The van der Waals surface area contributed by atoms with Crippen LogP contribution in [0, 0.1) is 0 Å². The molecular weight excluding hydrogens is 700 g/mol. The summed E-state index contributed by atoms with van der Waals surface area (Å²) in [6.07, 6.45) is -8.12. The average molecular weight is 730 g/mol. The van der Waals surface area contributed by atoms with Crippen LogP contribution in [0.5, 0.6) is 0 Å². The van der Waals surface area contributed by atoms with Gasteiger partial charge in [0.1, 0.15) is 5.65 Å². The Balaban J connectivity index is 1.35. The van der Waals surface area contributed by atoms with Gasteiger partial charge in [-0.25, -0.2) is 13.4 Å². The van der Waals surface area contributed by atoms with Gasteiger partial charge in [-0.2, -0.15) is 31.3 Å². The number of sulfone groups is 1. The van der Waals surface area contributed by atoms with Crippen molar-refractivity contribution in [2.75, 3.05) is 25.0 Å². The third-order valence-corrected chi connectivity index (χ3v) is 11.1. The number of pyridine rings is 1. The lowest BCUT2D eigenvalue weighted by atomic mass is 9.99. The van der Waals surface area contributed by atoms with Gasteiger partial charge in [-0.15, -0.1) is 0 Å². The number of hydrogen-bond donors (Lipinski definition) is 2.